The lowest BCUT2D eigenvalue weighted by atomic mass is 10.0. The molecule has 0 bridgehead atoms. The molecule has 102 valence electrons. The minimum atomic E-state index is -4.01. The number of nitrogens with one attached hydrogen (secondary N) is 1. The number of hydrogen-bond donors (Lipinski definition) is 1. The summed E-state index contributed by atoms with van der Waals surface area (Å²) in [5.41, 5.74) is -1.10. The number of nitrogens with zero attached hydrogens (tertiary/aromatic N) is 1. The fourth-order valence-corrected chi connectivity index (χ4v) is 4.10. The van der Waals surface area contributed by atoms with E-state index in [1.807, 2.05) is 6.07 Å². The first-order valence-electron chi connectivity index (χ1n) is 5.79. The van der Waals surface area contributed by atoms with Crippen LogP contribution >= 0.6 is 11.6 Å². The van der Waals surface area contributed by atoms with Crippen LogP contribution < -0.4 is 4.72 Å². The van der Waals surface area contributed by atoms with E-state index in [0.717, 1.165) is 25.0 Å². The smallest absolute Gasteiger partial charge is 0.207 e. The second-order valence-corrected chi connectivity index (χ2v) is 6.64. The molecule has 0 unspecified atom stereocenters. The average Bonchev–Trinajstić information content (AvgIpc) is 2.80. The molecular weight excluding hydrogens is 291 g/mol. The predicted molar refractivity (Wildman–Crippen MR) is 68.5 cm³/mol. The van der Waals surface area contributed by atoms with E-state index in [1.165, 1.54) is 6.07 Å². The van der Waals surface area contributed by atoms with Crippen molar-refractivity contribution >= 4 is 21.6 Å². The summed E-state index contributed by atoms with van der Waals surface area (Å²) in [6.45, 7) is 0. The quantitative estimate of drug-likeness (QED) is 0.933. The van der Waals surface area contributed by atoms with Gasteiger partial charge in [-0.3, -0.25) is 0 Å². The van der Waals surface area contributed by atoms with E-state index in [2.05, 4.69) is 4.72 Å². The zero-order valence-electron chi connectivity index (χ0n) is 9.99. The van der Waals surface area contributed by atoms with Gasteiger partial charge >= 0.3 is 0 Å². The Morgan fingerprint density at radius 3 is 2.58 bits per heavy atom. The summed E-state index contributed by atoms with van der Waals surface area (Å²) in [6, 6.07) is 5.12. The molecule has 0 atom stereocenters. The van der Waals surface area contributed by atoms with Gasteiger partial charge in [0.1, 0.15) is 16.3 Å². The SMILES string of the molecule is N#CC1(NS(=O)(=O)c2cc(F)ccc2Cl)CCCC1. The summed E-state index contributed by atoms with van der Waals surface area (Å²) in [4.78, 5) is -0.337. The molecule has 1 N–H and O–H groups in total. The number of sulfonamides is 1. The van der Waals surface area contributed by atoms with E-state index >= 15 is 0 Å². The number of benzene rings is 1. The third kappa shape index (κ3) is 2.89. The van der Waals surface area contributed by atoms with E-state index < -0.39 is 21.4 Å². The largest absolute Gasteiger partial charge is 0.243 e. The van der Waals surface area contributed by atoms with Gasteiger partial charge in [0.2, 0.25) is 10.0 Å². The van der Waals surface area contributed by atoms with Gasteiger partial charge in [-0.1, -0.05) is 24.4 Å². The molecule has 0 radical (unpaired) electrons. The average molecular weight is 303 g/mol. The van der Waals surface area contributed by atoms with Crippen LogP contribution in [-0.4, -0.2) is 14.0 Å². The highest BCUT2D eigenvalue weighted by Gasteiger charge is 2.38. The van der Waals surface area contributed by atoms with Gasteiger partial charge in [-0.15, -0.1) is 0 Å². The van der Waals surface area contributed by atoms with Gasteiger partial charge in [-0.05, 0) is 31.0 Å². The standard InChI is InChI=1S/C12H12ClFN2O2S/c13-10-4-3-9(14)7-11(10)19(17,18)16-12(8-15)5-1-2-6-12/h3-4,7,16H,1-2,5-6H2. The lowest BCUT2D eigenvalue weighted by Gasteiger charge is -2.22. The normalized spacial score (nSPS) is 18.2. The van der Waals surface area contributed by atoms with Gasteiger partial charge in [0, 0.05) is 0 Å². The van der Waals surface area contributed by atoms with Crippen LogP contribution in [0, 0.1) is 17.1 Å². The Bertz CT molecular complexity index is 634. The van der Waals surface area contributed by atoms with Gasteiger partial charge in [-0.2, -0.15) is 9.98 Å². The van der Waals surface area contributed by atoms with Crippen molar-refractivity contribution in [2.24, 2.45) is 0 Å². The molecule has 0 heterocycles. The fourth-order valence-electron chi connectivity index (χ4n) is 2.21. The lowest BCUT2D eigenvalue weighted by molar-refractivity contribution is 0.484. The fraction of sp³-hybridized carbons (Fsp3) is 0.417. The van der Waals surface area contributed by atoms with Crippen molar-refractivity contribution in [1.82, 2.24) is 4.72 Å². The molecule has 1 saturated carbocycles. The van der Waals surface area contributed by atoms with Crippen LogP contribution in [-0.2, 0) is 10.0 Å². The van der Waals surface area contributed by atoms with Gasteiger partial charge in [0.15, 0.2) is 0 Å². The predicted octanol–water partition coefficient (Wildman–Crippen LogP) is 2.59. The van der Waals surface area contributed by atoms with Crippen molar-refractivity contribution in [3.63, 3.8) is 0 Å². The molecule has 0 spiro atoms. The number of hydrogen-bond acceptors (Lipinski definition) is 3. The van der Waals surface area contributed by atoms with Crippen LogP contribution in [0.1, 0.15) is 25.7 Å². The van der Waals surface area contributed by atoms with Crippen LogP contribution in [0.5, 0.6) is 0 Å². The van der Waals surface area contributed by atoms with Crippen LogP contribution in [0.4, 0.5) is 4.39 Å². The van der Waals surface area contributed by atoms with E-state index in [0.29, 0.717) is 12.8 Å². The molecule has 4 nitrogen and oxygen atoms in total. The first-order chi connectivity index (χ1) is 8.88. The molecule has 0 aromatic heterocycles. The highest BCUT2D eigenvalue weighted by atomic mass is 35.5. The van der Waals surface area contributed by atoms with Crippen LogP contribution in [0.2, 0.25) is 5.02 Å². The highest BCUT2D eigenvalue weighted by molar-refractivity contribution is 7.89. The van der Waals surface area contributed by atoms with Gasteiger partial charge in [-0.25, -0.2) is 12.8 Å². The molecule has 1 fully saturated rings. The molecule has 1 aliphatic rings. The Labute approximate surface area is 116 Å². The third-order valence-corrected chi connectivity index (χ3v) is 5.20. The molecule has 1 aromatic carbocycles. The molecule has 1 aliphatic carbocycles. The summed E-state index contributed by atoms with van der Waals surface area (Å²) in [5.74, 6) is -0.692. The van der Waals surface area contributed by atoms with E-state index in [9.17, 15) is 12.8 Å². The lowest BCUT2D eigenvalue weighted by Crippen LogP contribution is -2.45. The maximum absolute atomic E-state index is 13.2. The Hall–Kier alpha value is -1.16. The van der Waals surface area contributed by atoms with Gasteiger partial charge in [0.05, 0.1) is 11.1 Å². The number of rotatable bonds is 3. The molecule has 0 saturated heterocycles. The second-order valence-electron chi connectivity index (χ2n) is 4.58. The maximum atomic E-state index is 13.2. The Morgan fingerprint density at radius 1 is 1.37 bits per heavy atom. The topological polar surface area (TPSA) is 70.0 Å². The van der Waals surface area contributed by atoms with Crippen LogP contribution in [0.15, 0.2) is 23.1 Å². The van der Waals surface area contributed by atoms with Crippen molar-refractivity contribution in [3.05, 3.63) is 29.0 Å². The van der Waals surface area contributed by atoms with Crippen LogP contribution in [0.3, 0.4) is 0 Å². The Kier molecular flexibility index (Phi) is 3.81. The Morgan fingerprint density at radius 2 is 2.00 bits per heavy atom. The third-order valence-electron chi connectivity index (χ3n) is 3.18. The summed E-state index contributed by atoms with van der Waals surface area (Å²) >= 11 is 5.79. The number of halogens is 2. The van der Waals surface area contributed by atoms with E-state index in [4.69, 9.17) is 16.9 Å². The first kappa shape index (κ1) is 14.3. The summed E-state index contributed by atoms with van der Waals surface area (Å²) in [7, 11) is -4.01. The van der Waals surface area contributed by atoms with Gasteiger partial charge in [0.25, 0.3) is 0 Å². The first-order valence-corrected chi connectivity index (χ1v) is 7.65. The zero-order chi connectivity index (χ0) is 14.1. The van der Waals surface area contributed by atoms with E-state index in [1.54, 1.807) is 0 Å². The molecule has 7 heteroatoms. The van der Waals surface area contributed by atoms with Crippen molar-refractivity contribution < 1.29 is 12.8 Å². The summed E-state index contributed by atoms with van der Waals surface area (Å²) in [5, 5.41) is 9.10. The van der Waals surface area contributed by atoms with E-state index in [-0.39, 0.29) is 9.92 Å². The molecule has 1 aromatic rings. The zero-order valence-corrected chi connectivity index (χ0v) is 11.6. The van der Waals surface area contributed by atoms with Crippen molar-refractivity contribution in [3.8, 4) is 6.07 Å². The van der Waals surface area contributed by atoms with Gasteiger partial charge < -0.3 is 0 Å². The van der Waals surface area contributed by atoms with Crippen molar-refractivity contribution in [2.75, 3.05) is 0 Å². The Balaban J connectivity index is 2.38. The highest BCUT2D eigenvalue weighted by Crippen LogP contribution is 2.32. The van der Waals surface area contributed by atoms with Crippen molar-refractivity contribution in [2.45, 2.75) is 36.1 Å². The molecule has 2 rings (SSSR count). The second kappa shape index (κ2) is 5.08. The monoisotopic (exact) mass is 302 g/mol. The summed E-state index contributed by atoms with van der Waals surface area (Å²) < 4.78 is 39.9. The molecule has 19 heavy (non-hydrogen) atoms. The minimum Gasteiger partial charge on any atom is -0.207 e. The van der Waals surface area contributed by atoms with Crippen LogP contribution in [0.25, 0.3) is 0 Å². The molecule has 0 aliphatic heterocycles. The minimum absolute atomic E-state index is 0.0695. The maximum Gasteiger partial charge on any atom is 0.243 e. The molecular formula is C12H12ClFN2O2S. The summed E-state index contributed by atoms with van der Waals surface area (Å²) in [6.07, 6.45) is 2.48. The van der Waals surface area contributed by atoms with Crippen molar-refractivity contribution in [1.29, 1.82) is 5.26 Å². The number of nitriles is 1. The molecule has 0 amide bonds.